The van der Waals surface area contributed by atoms with Crippen LogP contribution in [-0.4, -0.2) is 0 Å². The van der Waals surface area contributed by atoms with Crippen molar-refractivity contribution in [3.63, 3.8) is 0 Å². The van der Waals surface area contributed by atoms with E-state index in [9.17, 15) is 0 Å². The lowest BCUT2D eigenvalue weighted by Crippen LogP contribution is -2.28. The second-order valence-corrected chi connectivity index (χ2v) is 17.0. The van der Waals surface area contributed by atoms with Crippen LogP contribution in [0.1, 0.15) is 47.2 Å². The van der Waals surface area contributed by atoms with Gasteiger partial charge in [0, 0.05) is 16.8 Å². The standard InChI is InChI=1S/C58H42ClN/c1-57(2)51-24-14-12-22-47(51)49-35-30-42(36-53(49)57)41-28-33-46(34-29-41)60(45-31-26-40(27-32-45)39-16-6-3-7-17-39)56-38-54-50(37-55(56)59)48-23-13-15-25-52(48)58(54,43-18-8-4-9-19-43)44-20-10-5-11-21-44/h3-38H,1-2H3. The van der Waals surface area contributed by atoms with Crippen molar-refractivity contribution in [3.8, 4) is 44.5 Å². The molecule has 2 heteroatoms. The molecular formula is C58H42ClN. The third-order valence-electron chi connectivity index (χ3n) is 13.0. The molecule has 0 saturated heterocycles. The summed E-state index contributed by atoms with van der Waals surface area (Å²) in [5.74, 6) is 0. The van der Waals surface area contributed by atoms with Crippen molar-refractivity contribution in [2.45, 2.75) is 24.7 Å². The molecule has 2 aliphatic carbocycles. The zero-order valence-corrected chi connectivity index (χ0v) is 34.4. The number of fused-ring (bicyclic) bond motifs is 6. The SMILES string of the molecule is CC1(C)c2ccccc2-c2ccc(-c3ccc(N(c4ccc(-c5ccccc5)cc4)c4cc5c(cc4Cl)-c4ccccc4C5(c4ccccc4)c4ccccc4)cc3)cc21. The molecule has 60 heavy (non-hydrogen) atoms. The van der Waals surface area contributed by atoms with Crippen LogP contribution in [0.5, 0.6) is 0 Å². The van der Waals surface area contributed by atoms with Crippen LogP contribution in [-0.2, 0) is 10.8 Å². The maximum absolute atomic E-state index is 7.59. The van der Waals surface area contributed by atoms with Crippen molar-refractivity contribution < 1.29 is 0 Å². The third kappa shape index (κ3) is 5.54. The van der Waals surface area contributed by atoms with E-state index in [-0.39, 0.29) is 5.41 Å². The normalized spacial score (nSPS) is 13.8. The Kier molecular flexibility index (Phi) is 8.51. The first-order chi connectivity index (χ1) is 29.4. The molecule has 0 fully saturated rings. The van der Waals surface area contributed by atoms with E-state index in [1.165, 1.54) is 72.3 Å². The fourth-order valence-electron chi connectivity index (χ4n) is 10.2. The van der Waals surface area contributed by atoms with E-state index in [1.807, 2.05) is 0 Å². The molecule has 0 aliphatic heterocycles. The minimum Gasteiger partial charge on any atom is -0.309 e. The molecule has 11 rings (SSSR count). The third-order valence-corrected chi connectivity index (χ3v) is 13.3. The van der Waals surface area contributed by atoms with Crippen LogP contribution in [0.25, 0.3) is 44.5 Å². The molecule has 286 valence electrons. The minimum atomic E-state index is -0.554. The van der Waals surface area contributed by atoms with Crippen molar-refractivity contribution >= 4 is 28.7 Å². The van der Waals surface area contributed by atoms with Crippen LogP contribution in [0.3, 0.4) is 0 Å². The molecule has 1 nitrogen and oxygen atoms in total. The highest BCUT2D eigenvalue weighted by Gasteiger charge is 2.46. The van der Waals surface area contributed by atoms with Crippen molar-refractivity contribution in [2.24, 2.45) is 0 Å². The summed E-state index contributed by atoms with van der Waals surface area (Å²) in [5.41, 5.74) is 19.8. The van der Waals surface area contributed by atoms with Crippen molar-refractivity contribution in [2.75, 3.05) is 4.90 Å². The first-order valence-electron chi connectivity index (χ1n) is 20.8. The molecule has 0 atom stereocenters. The highest BCUT2D eigenvalue weighted by Crippen LogP contribution is 2.58. The molecular weight excluding hydrogens is 746 g/mol. The van der Waals surface area contributed by atoms with Crippen LogP contribution in [0.15, 0.2) is 218 Å². The Morgan fingerprint density at radius 3 is 1.40 bits per heavy atom. The van der Waals surface area contributed by atoms with E-state index < -0.39 is 5.41 Å². The van der Waals surface area contributed by atoms with E-state index in [4.69, 9.17) is 11.6 Å². The van der Waals surface area contributed by atoms with Crippen LogP contribution in [0.2, 0.25) is 5.02 Å². The predicted molar refractivity (Wildman–Crippen MR) is 252 cm³/mol. The molecule has 2 aliphatic rings. The number of benzene rings is 9. The van der Waals surface area contributed by atoms with Gasteiger partial charge in [-0.05, 0) is 120 Å². The second-order valence-electron chi connectivity index (χ2n) is 16.6. The molecule has 0 unspecified atom stereocenters. The molecule has 9 aromatic rings. The van der Waals surface area contributed by atoms with Crippen LogP contribution < -0.4 is 4.90 Å². The second kappa shape index (κ2) is 14.1. The molecule has 0 saturated carbocycles. The number of nitrogens with zero attached hydrogens (tertiary/aromatic N) is 1. The highest BCUT2D eigenvalue weighted by atomic mass is 35.5. The van der Waals surface area contributed by atoms with Crippen molar-refractivity contribution in [1.82, 2.24) is 0 Å². The maximum Gasteiger partial charge on any atom is 0.0714 e. The number of rotatable bonds is 7. The van der Waals surface area contributed by atoms with E-state index in [2.05, 4.69) is 237 Å². The van der Waals surface area contributed by atoms with E-state index >= 15 is 0 Å². The number of halogens is 1. The average molecular weight is 788 g/mol. The Balaban J connectivity index is 1.09. The number of hydrogen-bond acceptors (Lipinski definition) is 1. The highest BCUT2D eigenvalue weighted by molar-refractivity contribution is 6.34. The van der Waals surface area contributed by atoms with E-state index in [0.717, 1.165) is 22.6 Å². The molecule has 0 spiro atoms. The molecule has 0 N–H and O–H groups in total. The minimum absolute atomic E-state index is 0.0662. The van der Waals surface area contributed by atoms with Crippen LogP contribution >= 0.6 is 11.6 Å². The molecule has 0 radical (unpaired) electrons. The van der Waals surface area contributed by atoms with Gasteiger partial charge in [0.1, 0.15) is 0 Å². The van der Waals surface area contributed by atoms with Gasteiger partial charge in [0.2, 0.25) is 0 Å². The quantitative estimate of drug-likeness (QED) is 0.155. The Hall–Kier alpha value is -6.93. The lowest BCUT2D eigenvalue weighted by atomic mass is 9.67. The fourth-order valence-corrected chi connectivity index (χ4v) is 10.4. The summed E-state index contributed by atoms with van der Waals surface area (Å²) in [6.45, 7) is 4.68. The maximum atomic E-state index is 7.59. The molecule has 0 aromatic heterocycles. The average Bonchev–Trinajstić information content (AvgIpc) is 3.72. The van der Waals surface area contributed by atoms with Gasteiger partial charge >= 0.3 is 0 Å². The van der Waals surface area contributed by atoms with Gasteiger partial charge in [0.15, 0.2) is 0 Å². The van der Waals surface area contributed by atoms with E-state index in [0.29, 0.717) is 5.02 Å². The molecule has 0 bridgehead atoms. The van der Waals surface area contributed by atoms with Gasteiger partial charge in [0.25, 0.3) is 0 Å². The topological polar surface area (TPSA) is 3.24 Å². The Labute approximate surface area is 357 Å². The largest absolute Gasteiger partial charge is 0.309 e. The van der Waals surface area contributed by atoms with Gasteiger partial charge in [-0.15, -0.1) is 0 Å². The monoisotopic (exact) mass is 787 g/mol. The lowest BCUT2D eigenvalue weighted by Gasteiger charge is -2.35. The van der Waals surface area contributed by atoms with Gasteiger partial charge in [-0.3, -0.25) is 0 Å². The van der Waals surface area contributed by atoms with Gasteiger partial charge in [-0.25, -0.2) is 0 Å². The summed E-state index contributed by atoms with van der Waals surface area (Å²) < 4.78 is 0. The van der Waals surface area contributed by atoms with Gasteiger partial charge in [0.05, 0.1) is 16.1 Å². The summed E-state index contributed by atoms with van der Waals surface area (Å²) in [4.78, 5) is 2.33. The predicted octanol–water partition coefficient (Wildman–Crippen LogP) is 15.8. The zero-order chi connectivity index (χ0) is 40.4. The molecule has 9 aromatic carbocycles. The smallest absolute Gasteiger partial charge is 0.0714 e. The summed E-state index contributed by atoms with van der Waals surface area (Å²) in [6.07, 6.45) is 0. The van der Waals surface area contributed by atoms with Crippen LogP contribution in [0, 0.1) is 0 Å². The summed E-state index contributed by atoms with van der Waals surface area (Å²) in [7, 11) is 0. The summed E-state index contributed by atoms with van der Waals surface area (Å²) >= 11 is 7.59. The first-order valence-corrected chi connectivity index (χ1v) is 21.2. The Morgan fingerprint density at radius 1 is 0.350 bits per heavy atom. The van der Waals surface area contributed by atoms with Gasteiger partial charge in [-0.1, -0.05) is 201 Å². The number of anilines is 3. The van der Waals surface area contributed by atoms with Gasteiger partial charge in [-0.2, -0.15) is 0 Å². The summed E-state index contributed by atoms with van der Waals surface area (Å²) in [6, 6.07) is 79.5. The van der Waals surface area contributed by atoms with Crippen molar-refractivity contribution in [3.05, 3.63) is 257 Å². The summed E-state index contributed by atoms with van der Waals surface area (Å²) in [5, 5.41) is 0.692. The van der Waals surface area contributed by atoms with Crippen molar-refractivity contribution in [1.29, 1.82) is 0 Å². The molecule has 0 heterocycles. The fraction of sp³-hybridized carbons (Fsp3) is 0.0690. The Bertz CT molecular complexity index is 3000. The zero-order valence-electron chi connectivity index (χ0n) is 33.6. The van der Waals surface area contributed by atoms with Gasteiger partial charge < -0.3 is 4.90 Å². The van der Waals surface area contributed by atoms with E-state index in [1.54, 1.807) is 0 Å². The van der Waals surface area contributed by atoms with Crippen LogP contribution in [0.4, 0.5) is 17.1 Å². The first kappa shape index (κ1) is 36.2. The Morgan fingerprint density at radius 2 is 0.800 bits per heavy atom. The lowest BCUT2D eigenvalue weighted by molar-refractivity contribution is 0.660. The number of hydrogen-bond donors (Lipinski definition) is 0. The molecule has 0 amide bonds.